The van der Waals surface area contributed by atoms with Crippen molar-refractivity contribution in [3.05, 3.63) is 23.3 Å². The third-order valence-corrected chi connectivity index (χ3v) is 4.21. The second kappa shape index (κ2) is 5.71. The molecule has 0 aliphatic carbocycles. The van der Waals surface area contributed by atoms with Crippen LogP contribution in [0.5, 0.6) is 0 Å². The molecule has 4 nitrogen and oxygen atoms in total. The number of rotatable bonds is 5. The summed E-state index contributed by atoms with van der Waals surface area (Å²) in [6, 6.07) is 3.58. The van der Waals surface area contributed by atoms with Crippen molar-refractivity contribution in [1.29, 1.82) is 0 Å². The smallest absolute Gasteiger partial charge is 0.238 e. The molecule has 0 aliphatic rings. The molecule has 3 N–H and O–H groups in total. The van der Waals surface area contributed by atoms with Crippen LogP contribution < -0.4 is 10.5 Å². The first kappa shape index (κ1) is 15.0. The fourth-order valence-corrected chi connectivity index (χ4v) is 2.48. The molecule has 102 valence electrons. The average Bonchev–Trinajstić information content (AvgIpc) is 2.29. The molecule has 0 atom stereocenters. The highest BCUT2D eigenvalue weighted by molar-refractivity contribution is 7.89. The first-order chi connectivity index (χ1) is 8.29. The molecule has 0 fully saturated rings. The maximum atomic E-state index is 11.4. The summed E-state index contributed by atoms with van der Waals surface area (Å²) in [6.07, 6.45) is 1.99. The van der Waals surface area contributed by atoms with E-state index in [1.54, 1.807) is 12.1 Å². The molecule has 5 heteroatoms. The molecule has 0 saturated heterocycles. The van der Waals surface area contributed by atoms with Crippen LogP contribution in [0.25, 0.3) is 0 Å². The molecular weight excluding hydrogens is 248 g/mol. The summed E-state index contributed by atoms with van der Waals surface area (Å²) in [7, 11) is -3.65. The Morgan fingerprint density at radius 1 is 1.22 bits per heavy atom. The zero-order valence-corrected chi connectivity index (χ0v) is 12.3. The van der Waals surface area contributed by atoms with Crippen LogP contribution in [0.2, 0.25) is 0 Å². The number of nitrogens with one attached hydrogen (secondary N) is 1. The SMILES string of the molecule is CCC(CC)Nc1cc(S(N)(=O)=O)cc(C)c1C. The lowest BCUT2D eigenvalue weighted by Gasteiger charge is -2.20. The van der Waals surface area contributed by atoms with Gasteiger partial charge in [-0.3, -0.25) is 0 Å². The van der Waals surface area contributed by atoms with Gasteiger partial charge in [0.1, 0.15) is 0 Å². The molecule has 0 aliphatic heterocycles. The highest BCUT2D eigenvalue weighted by Gasteiger charge is 2.14. The maximum absolute atomic E-state index is 11.4. The molecule has 1 aromatic carbocycles. The molecule has 0 heterocycles. The average molecular weight is 270 g/mol. The Kier molecular flexibility index (Phi) is 4.76. The van der Waals surface area contributed by atoms with Gasteiger partial charge in [-0.15, -0.1) is 0 Å². The van der Waals surface area contributed by atoms with Crippen molar-refractivity contribution in [2.24, 2.45) is 5.14 Å². The summed E-state index contributed by atoms with van der Waals surface area (Å²) >= 11 is 0. The predicted octanol–water partition coefficient (Wildman–Crippen LogP) is 2.55. The number of hydrogen-bond donors (Lipinski definition) is 2. The van der Waals surface area contributed by atoms with E-state index >= 15 is 0 Å². The standard InChI is InChI=1S/C13H22N2O2S/c1-5-11(6-2)15-13-8-12(18(14,16)17)7-9(3)10(13)4/h7-8,11,15H,5-6H2,1-4H3,(H2,14,16,17). The topological polar surface area (TPSA) is 72.2 Å². The summed E-state index contributed by atoms with van der Waals surface area (Å²) in [4.78, 5) is 0.166. The largest absolute Gasteiger partial charge is 0.382 e. The van der Waals surface area contributed by atoms with Crippen molar-refractivity contribution in [1.82, 2.24) is 0 Å². The van der Waals surface area contributed by atoms with Gasteiger partial charge in [-0.1, -0.05) is 13.8 Å². The molecule has 1 aromatic rings. The van der Waals surface area contributed by atoms with Crippen LogP contribution in [0.1, 0.15) is 37.8 Å². The van der Waals surface area contributed by atoms with Gasteiger partial charge in [0.25, 0.3) is 0 Å². The van der Waals surface area contributed by atoms with Crippen molar-refractivity contribution >= 4 is 15.7 Å². The summed E-state index contributed by atoms with van der Waals surface area (Å²) in [5.41, 5.74) is 2.84. The molecule has 0 unspecified atom stereocenters. The van der Waals surface area contributed by atoms with Gasteiger partial charge in [0.2, 0.25) is 10.0 Å². The van der Waals surface area contributed by atoms with Gasteiger partial charge in [0, 0.05) is 11.7 Å². The van der Waals surface area contributed by atoms with Crippen molar-refractivity contribution in [2.45, 2.75) is 51.5 Å². The molecule has 18 heavy (non-hydrogen) atoms. The fourth-order valence-electron chi connectivity index (χ4n) is 1.85. The van der Waals surface area contributed by atoms with E-state index in [0.717, 1.165) is 29.7 Å². The second-order valence-electron chi connectivity index (χ2n) is 4.62. The number of sulfonamides is 1. The number of hydrogen-bond acceptors (Lipinski definition) is 3. The molecule has 0 radical (unpaired) electrons. The van der Waals surface area contributed by atoms with Crippen LogP contribution >= 0.6 is 0 Å². The Labute approximate surface area is 110 Å². The zero-order chi connectivity index (χ0) is 13.9. The summed E-state index contributed by atoms with van der Waals surface area (Å²) in [5, 5.41) is 8.56. The first-order valence-electron chi connectivity index (χ1n) is 6.20. The Bertz CT molecular complexity index is 520. The van der Waals surface area contributed by atoms with Crippen LogP contribution in [0, 0.1) is 13.8 Å². The summed E-state index contributed by atoms with van der Waals surface area (Å²) < 4.78 is 22.8. The minimum atomic E-state index is -3.65. The Balaban J connectivity index is 3.23. The van der Waals surface area contributed by atoms with E-state index in [9.17, 15) is 8.42 Å². The maximum Gasteiger partial charge on any atom is 0.238 e. The molecule has 1 rings (SSSR count). The Morgan fingerprint density at radius 2 is 1.78 bits per heavy atom. The van der Waals surface area contributed by atoms with Crippen LogP contribution in [0.4, 0.5) is 5.69 Å². The van der Waals surface area contributed by atoms with E-state index in [0.29, 0.717) is 6.04 Å². The molecule has 0 bridgehead atoms. The van der Waals surface area contributed by atoms with E-state index in [1.165, 1.54) is 0 Å². The van der Waals surface area contributed by atoms with Gasteiger partial charge in [-0.2, -0.15) is 0 Å². The predicted molar refractivity (Wildman–Crippen MR) is 75.3 cm³/mol. The van der Waals surface area contributed by atoms with Crippen molar-refractivity contribution in [3.8, 4) is 0 Å². The zero-order valence-electron chi connectivity index (χ0n) is 11.4. The lowest BCUT2D eigenvalue weighted by molar-refractivity contribution is 0.597. The van der Waals surface area contributed by atoms with E-state index in [1.807, 2.05) is 13.8 Å². The van der Waals surface area contributed by atoms with Crippen molar-refractivity contribution in [2.75, 3.05) is 5.32 Å². The highest BCUT2D eigenvalue weighted by Crippen LogP contribution is 2.24. The molecule has 0 aromatic heterocycles. The second-order valence-corrected chi connectivity index (χ2v) is 6.18. The van der Waals surface area contributed by atoms with Gasteiger partial charge in [-0.05, 0) is 49.9 Å². The third-order valence-electron chi connectivity index (χ3n) is 3.31. The van der Waals surface area contributed by atoms with Gasteiger partial charge in [0.05, 0.1) is 4.90 Å². The minimum Gasteiger partial charge on any atom is -0.382 e. The van der Waals surface area contributed by atoms with Crippen LogP contribution in [0.3, 0.4) is 0 Å². The van der Waals surface area contributed by atoms with Gasteiger partial charge >= 0.3 is 0 Å². The van der Waals surface area contributed by atoms with Crippen molar-refractivity contribution < 1.29 is 8.42 Å². The number of aryl methyl sites for hydroxylation is 1. The fraction of sp³-hybridized carbons (Fsp3) is 0.538. The number of nitrogens with two attached hydrogens (primary N) is 1. The molecule has 0 amide bonds. The van der Waals surface area contributed by atoms with Crippen LogP contribution in [-0.2, 0) is 10.0 Å². The van der Waals surface area contributed by atoms with Gasteiger partial charge < -0.3 is 5.32 Å². The normalized spacial score (nSPS) is 11.9. The monoisotopic (exact) mass is 270 g/mol. The third kappa shape index (κ3) is 3.46. The van der Waals surface area contributed by atoms with E-state index in [-0.39, 0.29) is 4.90 Å². The molecule has 0 saturated carbocycles. The summed E-state index contributed by atoms with van der Waals surface area (Å²) in [6.45, 7) is 8.08. The molecule has 0 spiro atoms. The minimum absolute atomic E-state index is 0.166. The van der Waals surface area contributed by atoms with E-state index in [4.69, 9.17) is 5.14 Å². The number of benzene rings is 1. The lowest BCUT2D eigenvalue weighted by atomic mass is 10.1. The Morgan fingerprint density at radius 3 is 2.22 bits per heavy atom. The first-order valence-corrected chi connectivity index (χ1v) is 7.74. The van der Waals surface area contributed by atoms with Gasteiger partial charge in [-0.25, -0.2) is 13.6 Å². The summed E-state index contributed by atoms with van der Waals surface area (Å²) in [5.74, 6) is 0. The van der Waals surface area contributed by atoms with Crippen LogP contribution in [-0.4, -0.2) is 14.5 Å². The van der Waals surface area contributed by atoms with E-state index < -0.39 is 10.0 Å². The highest BCUT2D eigenvalue weighted by atomic mass is 32.2. The number of anilines is 1. The van der Waals surface area contributed by atoms with Crippen LogP contribution in [0.15, 0.2) is 17.0 Å². The Hall–Kier alpha value is -1.07. The van der Waals surface area contributed by atoms with E-state index in [2.05, 4.69) is 19.2 Å². The quantitative estimate of drug-likeness (QED) is 0.863. The molecular formula is C13H22N2O2S. The lowest BCUT2D eigenvalue weighted by Crippen LogP contribution is -2.19. The van der Waals surface area contributed by atoms with Gasteiger partial charge in [0.15, 0.2) is 0 Å². The van der Waals surface area contributed by atoms with Crippen molar-refractivity contribution in [3.63, 3.8) is 0 Å². The number of primary sulfonamides is 1.